The van der Waals surface area contributed by atoms with Crippen molar-refractivity contribution in [1.82, 2.24) is 4.90 Å². The average molecular weight is 392 g/mol. The first kappa shape index (κ1) is 18.5. The van der Waals surface area contributed by atoms with E-state index < -0.39 is 11.8 Å². The Morgan fingerprint density at radius 3 is 2.38 bits per heavy atom. The molecule has 1 saturated heterocycles. The zero-order chi connectivity index (χ0) is 18.7. The number of benzene rings is 2. The van der Waals surface area contributed by atoms with Crippen molar-refractivity contribution in [3.05, 3.63) is 58.1 Å². The molecule has 136 valence electrons. The molecule has 26 heavy (non-hydrogen) atoms. The fourth-order valence-electron chi connectivity index (χ4n) is 2.90. The van der Waals surface area contributed by atoms with Crippen molar-refractivity contribution in [2.45, 2.75) is 6.92 Å². The molecule has 1 heterocycles. The van der Waals surface area contributed by atoms with Crippen LogP contribution in [0.4, 0.5) is 11.4 Å². The molecule has 0 spiro atoms. The zero-order valence-corrected chi connectivity index (χ0v) is 15.8. The summed E-state index contributed by atoms with van der Waals surface area (Å²) in [5.41, 5.74) is 2.70. The summed E-state index contributed by atoms with van der Waals surface area (Å²) in [6.07, 6.45) is 0. The molecule has 0 unspecified atom stereocenters. The number of halogens is 2. The molecule has 2 aromatic rings. The fourth-order valence-corrected chi connectivity index (χ4v) is 3.36. The summed E-state index contributed by atoms with van der Waals surface area (Å²) < 4.78 is 0. The number of amides is 2. The van der Waals surface area contributed by atoms with Gasteiger partial charge in [-0.05, 0) is 42.8 Å². The van der Waals surface area contributed by atoms with Crippen molar-refractivity contribution < 1.29 is 9.59 Å². The summed E-state index contributed by atoms with van der Waals surface area (Å²) in [6, 6.07) is 12.9. The van der Waals surface area contributed by atoms with E-state index in [9.17, 15) is 9.59 Å². The molecule has 0 bridgehead atoms. The second-order valence-corrected chi connectivity index (χ2v) is 7.04. The number of hydrogen-bond acceptors (Lipinski definition) is 3. The van der Waals surface area contributed by atoms with E-state index >= 15 is 0 Å². The molecule has 0 saturated carbocycles. The largest absolute Gasteiger partial charge is 0.368 e. The highest BCUT2D eigenvalue weighted by molar-refractivity contribution is 6.42. The lowest BCUT2D eigenvalue weighted by Crippen LogP contribution is -2.51. The topological polar surface area (TPSA) is 52.7 Å². The Morgan fingerprint density at radius 1 is 1.00 bits per heavy atom. The Balaban J connectivity index is 1.58. The number of aryl methyl sites for hydroxylation is 1. The van der Waals surface area contributed by atoms with Gasteiger partial charge in [0.2, 0.25) is 0 Å². The lowest BCUT2D eigenvalue weighted by Gasteiger charge is -2.35. The molecule has 1 aliphatic heterocycles. The first-order valence-electron chi connectivity index (χ1n) is 8.31. The van der Waals surface area contributed by atoms with Gasteiger partial charge in [-0.2, -0.15) is 0 Å². The van der Waals surface area contributed by atoms with Crippen LogP contribution in [0.15, 0.2) is 42.5 Å². The number of nitrogens with one attached hydrogen (secondary N) is 1. The number of anilines is 2. The number of piperazine rings is 1. The highest BCUT2D eigenvalue weighted by atomic mass is 35.5. The van der Waals surface area contributed by atoms with Crippen LogP contribution in [-0.4, -0.2) is 42.9 Å². The Bertz CT molecular complexity index is 833. The number of carbonyl (C=O) groups is 2. The number of nitrogens with zero attached hydrogens (tertiary/aromatic N) is 2. The summed E-state index contributed by atoms with van der Waals surface area (Å²) >= 11 is 11.9. The third-order valence-corrected chi connectivity index (χ3v) is 4.86. The summed E-state index contributed by atoms with van der Waals surface area (Å²) in [5, 5.41) is 3.31. The molecule has 1 aliphatic rings. The number of rotatable bonds is 2. The van der Waals surface area contributed by atoms with Crippen LogP contribution >= 0.6 is 23.2 Å². The molecule has 1 N–H and O–H groups in total. The van der Waals surface area contributed by atoms with E-state index in [4.69, 9.17) is 23.2 Å². The van der Waals surface area contributed by atoms with Crippen molar-refractivity contribution in [2.24, 2.45) is 0 Å². The molecule has 0 radical (unpaired) electrons. The highest BCUT2D eigenvalue weighted by Gasteiger charge is 2.26. The van der Waals surface area contributed by atoms with Gasteiger partial charge in [-0.1, -0.05) is 35.3 Å². The van der Waals surface area contributed by atoms with Crippen molar-refractivity contribution in [1.29, 1.82) is 0 Å². The number of carbonyl (C=O) groups excluding carboxylic acids is 2. The number of hydrogen-bond donors (Lipinski definition) is 1. The standard InChI is InChI=1S/C19H19Cl2N3O2/c1-13-3-2-4-15(11-13)23-7-9-24(10-8-23)19(26)18(25)22-17-6-5-14(20)12-16(17)21/h2-6,11-12H,7-10H2,1H3,(H,22,25). The Morgan fingerprint density at radius 2 is 1.73 bits per heavy atom. The van der Waals surface area contributed by atoms with Crippen molar-refractivity contribution in [3.8, 4) is 0 Å². The minimum atomic E-state index is -0.696. The van der Waals surface area contributed by atoms with Crippen LogP contribution in [0.2, 0.25) is 10.0 Å². The van der Waals surface area contributed by atoms with Crippen LogP contribution in [-0.2, 0) is 9.59 Å². The molecule has 0 aliphatic carbocycles. The molecule has 3 rings (SSSR count). The molecule has 2 amide bonds. The first-order valence-corrected chi connectivity index (χ1v) is 9.06. The quantitative estimate of drug-likeness (QED) is 0.795. The van der Waals surface area contributed by atoms with Gasteiger partial charge in [-0.3, -0.25) is 9.59 Å². The van der Waals surface area contributed by atoms with E-state index in [1.807, 2.05) is 6.07 Å². The SMILES string of the molecule is Cc1cccc(N2CCN(C(=O)C(=O)Nc3ccc(Cl)cc3Cl)CC2)c1. The maximum atomic E-state index is 12.4. The molecule has 7 heteroatoms. The van der Waals surface area contributed by atoms with Crippen molar-refractivity contribution in [2.75, 3.05) is 36.4 Å². The lowest BCUT2D eigenvalue weighted by atomic mass is 10.2. The van der Waals surface area contributed by atoms with Gasteiger partial charge in [0, 0.05) is 36.9 Å². The fraction of sp³-hybridized carbons (Fsp3) is 0.263. The smallest absolute Gasteiger partial charge is 0.313 e. The van der Waals surface area contributed by atoms with Crippen molar-refractivity contribution in [3.63, 3.8) is 0 Å². The van der Waals surface area contributed by atoms with Gasteiger partial charge < -0.3 is 15.1 Å². The molecule has 0 atom stereocenters. The summed E-state index contributed by atoms with van der Waals surface area (Å²) in [5.74, 6) is -1.25. The van der Waals surface area contributed by atoms with E-state index in [0.29, 0.717) is 41.9 Å². The Kier molecular flexibility index (Phi) is 5.69. The molecule has 2 aromatic carbocycles. The normalized spacial score (nSPS) is 14.3. The second-order valence-electron chi connectivity index (χ2n) is 6.20. The molecular weight excluding hydrogens is 373 g/mol. The van der Waals surface area contributed by atoms with Crippen LogP contribution in [0.25, 0.3) is 0 Å². The van der Waals surface area contributed by atoms with E-state index in [0.717, 1.165) is 5.69 Å². The highest BCUT2D eigenvalue weighted by Crippen LogP contribution is 2.25. The molecule has 0 aromatic heterocycles. The zero-order valence-electron chi connectivity index (χ0n) is 14.3. The summed E-state index contributed by atoms with van der Waals surface area (Å²) in [7, 11) is 0. The van der Waals surface area contributed by atoms with Crippen LogP contribution < -0.4 is 10.2 Å². The predicted molar refractivity (Wildman–Crippen MR) is 105 cm³/mol. The van der Waals surface area contributed by atoms with Crippen LogP contribution in [0.5, 0.6) is 0 Å². The van der Waals surface area contributed by atoms with Gasteiger partial charge in [0.05, 0.1) is 10.7 Å². The minimum Gasteiger partial charge on any atom is -0.368 e. The van der Waals surface area contributed by atoms with Gasteiger partial charge in [0.1, 0.15) is 0 Å². The van der Waals surface area contributed by atoms with Gasteiger partial charge in [0.25, 0.3) is 0 Å². The van der Waals surface area contributed by atoms with Crippen LogP contribution in [0, 0.1) is 6.92 Å². The van der Waals surface area contributed by atoms with E-state index in [1.165, 1.54) is 11.6 Å². The Hall–Kier alpha value is -2.24. The monoisotopic (exact) mass is 391 g/mol. The predicted octanol–water partition coefficient (Wildman–Crippen LogP) is 3.59. The van der Waals surface area contributed by atoms with E-state index in [2.05, 4.69) is 35.3 Å². The molecule has 5 nitrogen and oxygen atoms in total. The summed E-state index contributed by atoms with van der Waals surface area (Å²) in [6.45, 7) is 4.41. The van der Waals surface area contributed by atoms with Gasteiger partial charge in [-0.15, -0.1) is 0 Å². The molecule has 1 fully saturated rings. The first-order chi connectivity index (χ1) is 12.4. The van der Waals surface area contributed by atoms with E-state index in [-0.39, 0.29) is 0 Å². The molecular formula is C19H19Cl2N3O2. The third kappa shape index (κ3) is 4.29. The van der Waals surface area contributed by atoms with Gasteiger partial charge in [-0.25, -0.2) is 0 Å². The van der Waals surface area contributed by atoms with Crippen LogP contribution in [0.3, 0.4) is 0 Å². The van der Waals surface area contributed by atoms with E-state index in [1.54, 1.807) is 17.0 Å². The Labute approximate surface area is 162 Å². The maximum absolute atomic E-state index is 12.4. The van der Waals surface area contributed by atoms with Gasteiger partial charge in [0.15, 0.2) is 0 Å². The minimum absolute atomic E-state index is 0.294. The summed E-state index contributed by atoms with van der Waals surface area (Å²) in [4.78, 5) is 28.4. The van der Waals surface area contributed by atoms with Crippen molar-refractivity contribution >= 4 is 46.4 Å². The maximum Gasteiger partial charge on any atom is 0.313 e. The van der Waals surface area contributed by atoms with Gasteiger partial charge >= 0.3 is 11.8 Å². The average Bonchev–Trinajstić information content (AvgIpc) is 2.63. The third-order valence-electron chi connectivity index (χ3n) is 4.31. The lowest BCUT2D eigenvalue weighted by molar-refractivity contribution is -0.143. The van der Waals surface area contributed by atoms with Crippen LogP contribution in [0.1, 0.15) is 5.56 Å². The second kappa shape index (κ2) is 7.98.